The zero-order valence-electron chi connectivity index (χ0n) is 11.8. The maximum atomic E-state index is 12.3. The monoisotopic (exact) mass is 268 g/mol. The van der Waals surface area contributed by atoms with Crippen LogP contribution >= 0.6 is 0 Å². The molecular weight excluding hydrogens is 244 g/mol. The lowest BCUT2D eigenvalue weighted by atomic mass is 9.92. The van der Waals surface area contributed by atoms with E-state index in [1.807, 2.05) is 18.7 Å². The summed E-state index contributed by atoms with van der Waals surface area (Å²) in [6.45, 7) is 5.99. The average Bonchev–Trinajstić information content (AvgIpc) is 3.17. The normalized spacial score (nSPS) is 28.1. The van der Waals surface area contributed by atoms with E-state index in [4.69, 9.17) is 5.11 Å². The van der Waals surface area contributed by atoms with Crippen LogP contribution in [-0.4, -0.2) is 58.5 Å². The molecular formula is C14H24N2O3. The zero-order chi connectivity index (χ0) is 14.0. The first-order chi connectivity index (χ1) is 9.02. The molecule has 5 nitrogen and oxygen atoms in total. The van der Waals surface area contributed by atoms with Crippen LogP contribution in [0.1, 0.15) is 39.5 Å². The third-order valence-electron chi connectivity index (χ3n) is 4.35. The maximum Gasteiger partial charge on any atom is 0.306 e. The Bertz CT molecular complexity index is 355. The highest BCUT2D eigenvalue weighted by molar-refractivity contribution is 5.79. The first kappa shape index (κ1) is 14.3. The minimum absolute atomic E-state index is 0.178. The molecule has 1 aliphatic heterocycles. The number of likely N-dealkylation sites (tertiary alicyclic amines) is 1. The molecule has 0 aromatic carbocycles. The number of likely N-dealkylation sites (N-methyl/N-ethyl adjacent to an activating group) is 1. The summed E-state index contributed by atoms with van der Waals surface area (Å²) in [5.41, 5.74) is 0. The third-order valence-corrected chi connectivity index (χ3v) is 4.35. The van der Waals surface area contributed by atoms with E-state index < -0.39 is 5.97 Å². The van der Waals surface area contributed by atoms with Crippen LogP contribution in [0.4, 0.5) is 0 Å². The Morgan fingerprint density at radius 1 is 1.32 bits per heavy atom. The molecule has 2 rings (SSSR count). The van der Waals surface area contributed by atoms with E-state index in [1.165, 1.54) is 0 Å². The first-order valence-corrected chi connectivity index (χ1v) is 7.29. The van der Waals surface area contributed by atoms with E-state index in [2.05, 4.69) is 4.90 Å². The van der Waals surface area contributed by atoms with E-state index >= 15 is 0 Å². The molecule has 1 amide bonds. The molecule has 0 aromatic heterocycles. The third kappa shape index (κ3) is 3.47. The molecule has 19 heavy (non-hydrogen) atoms. The van der Waals surface area contributed by atoms with Crippen molar-refractivity contribution < 1.29 is 14.7 Å². The van der Waals surface area contributed by atoms with Gasteiger partial charge in [-0.05, 0) is 46.1 Å². The number of nitrogens with zero attached hydrogens (tertiary/aromatic N) is 2. The molecule has 1 saturated carbocycles. The zero-order valence-corrected chi connectivity index (χ0v) is 11.8. The van der Waals surface area contributed by atoms with Crippen LogP contribution in [0.15, 0.2) is 0 Å². The van der Waals surface area contributed by atoms with Crippen LogP contribution in [0.3, 0.4) is 0 Å². The highest BCUT2D eigenvalue weighted by Crippen LogP contribution is 2.28. The molecule has 0 radical (unpaired) electrons. The topological polar surface area (TPSA) is 60.9 Å². The van der Waals surface area contributed by atoms with E-state index in [0.29, 0.717) is 32.0 Å². The molecule has 2 unspecified atom stereocenters. The van der Waals surface area contributed by atoms with Crippen molar-refractivity contribution in [3.8, 4) is 0 Å². The SMILES string of the molecule is CCN(C(=O)CN1CCC(C(=O)O)CC1C)C1CC1. The van der Waals surface area contributed by atoms with Crippen LogP contribution in [0.2, 0.25) is 0 Å². The number of hydrogen-bond acceptors (Lipinski definition) is 3. The highest BCUT2D eigenvalue weighted by atomic mass is 16.4. The molecule has 5 heteroatoms. The van der Waals surface area contributed by atoms with Crippen molar-refractivity contribution in [2.24, 2.45) is 5.92 Å². The number of piperidine rings is 1. The fourth-order valence-corrected chi connectivity index (χ4v) is 2.97. The lowest BCUT2D eigenvalue weighted by Gasteiger charge is -2.36. The summed E-state index contributed by atoms with van der Waals surface area (Å²) in [6, 6.07) is 0.640. The van der Waals surface area contributed by atoms with Crippen molar-refractivity contribution in [3.63, 3.8) is 0 Å². The molecule has 1 heterocycles. The summed E-state index contributed by atoms with van der Waals surface area (Å²) < 4.78 is 0. The number of rotatable bonds is 5. The van der Waals surface area contributed by atoms with Gasteiger partial charge in [-0.15, -0.1) is 0 Å². The number of hydrogen-bond donors (Lipinski definition) is 1. The van der Waals surface area contributed by atoms with Gasteiger partial charge in [0.2, 0.25) is 5.91 Å². The Morgan fingerprint density at radius 2 is 2.00 bits per heavy atom. The Hall–Kier alpha value is -1.10. The number of carboxylic acids is 1. The fourth-order valence-electron chi connectivity index (χ4n) is 2.97. The summed E-state index contributed by atoms with van der Waals surface area (Å²) in [7, 11) is 0. The van der Waals surface area contributed by atoms with E-state index in [9.17, 15) is 9.59 Å². The number of carbonyl (C=O) groups excluding carboxylic acids is 1. The van der Waals surface area contributed by atoms with Gasteiger partial charge >= 0.3 is 5.97 Å². The van der Waals surface area contributed by atoms with Crippen LogP contribution < -0.4 is 0 Å². The molecule has 0 spiro atoms. The lowest BCUT2D eigenvalue weighted by Crippen LogP contribution is -2.48. The largest absolute Gasteiger partial charge is 0.481 e. The van der Waals surface area contributed by atoms with Gasteiger partial charge in [-0.1, -0.05) is 0 Å². The van der Waals surface area contributed by atoms with Crippen molar-refractivity contribution in [1.29, 1.82) is 0 Å². The standard InChI is InChI=1S/C14H24N2O3/c1-3-16(12-4-5-12)13(17)9-15-7-6-11(14(18)19)8-10(15)2/h10-12H,3-9H2,1-2H3,(H,18,19). The van der Waals surface area contributed by atoms with E-state index in [1.54, 1.807) is 0 Å². The number of carboxylic acid groups (broad SMARTS) is 1. The van der Waals surface area contributed by atoms with Crippen molar-refractivity contribution >= 4 is 11.9 Å². The lowest BCUT2D eigenvalue weighted by molar-refractivity contribution is -0.144. The predicted octanol–water partition coefficient (Wildman–Crippen LogP) is 1.18. The van der Waals surface area contributed by atoms with Gasteiger partial charge in [0.25, 0.3) is 0 Å². The number of aliphatic carboxylic acids is 1. The Morgan fingerprint density at radius 3 is 2.47 bits per heavy atom. The van der Waals surface area contributed by atoms with Gasteiger partial charge in [-0.25, -0.2) is 0 Å². The van der Waals surface area contributed by atoms with Crippen LogP contribution in [0, 0.1) is 5.92 Å². The van der Waals surface area contributed by atoms with Crippen LogP contribution in [-0.2, 0) is 9.59 Å². The Balaban J connectivity index is 1.85. The second-order valence-corrected chi connectivity index (χ2v) is 5.79. The number of amides is 1. The van der Waals surface area contributed by atoms with Crippen molar-refractivity contribution in [2.75, 3.05) is 19.6 Å². The van der Waals surface area contributed by atoms with Crippen molar-refractivity contribution in [3.05, 3.63) is 0 Å². The van der Waals surface area contributed by atoms with Gasteiger partial charge in [-0.3, -0.25) is 14.5 Å². The second-order valence-electron chi connectivity index (χ2n) is 5.79. The van der Waals surface area contributed by atoms with Crippen LogP contribution in [0.5, 0.6) is 0 Å². The molecule has 2 aliphatic rings. The van der Waals surface area contributed by atoms with Gasteiger partial charge in [-0.2, -0.15) is 0 Å². The molecule has 0 aromatic rings. The summed E-state index contributed by atoms with van der Waals surface area (Å²) >= 11 is 0. The molecule has 108 valence electrons. The second kappa shape index (κ2) is 5.90. The van der Waals surface area contributed by atoms with Crippen molar-refractivity contribution in [2.45, 2.75) is 51.6 Å². The summed E-state index contributed by atoms with van der Waals surface area (Å²) in [4.78, 5) is 27.3. The van der Waals surface area contributed by atoms with Gasteiger partial charge < -0.3 is 10.0 Å². The minimum atomic E-state index is -0.703. The van der Waals surface area contributed by atoms with Gasteiger partial charge in [0, 0.05) is 18.6 Å². The van der Waals surface area contributed by atoms with Gasteiger partial charge in [0.15, 0.2) is 0 Å². The molecule has 2 fully saturated rings. The molecule has 1 N–H and O–H groups in total. The fraction of sp³-hybridized carbons (Fsp3) is 0.857. The smallest absolute Gasteiger partial charge is 0.306 e. The summed E-state index contributed by atoms with van der Waals surface area (Å²) in [5, 5.41) is 9.04. The molecule has 0 bridgehead atoms. The highest BCUT2D eigenvalue weighted by Gasteiger charge is 2.34. The average molecular weight is 268 g/mol. The predicted molar refractivity (Wildman–Crippen MR) is 71.8 cm³/mol. The van der Waals surface area contributed by atoms with Gasteiger partial charge in [0.05, 0.1) is 12.5 Å². The van der Waals surface area contributed by atoms with Gasteiger partial charge in [0.1, 0.15) is 0 Å². The van der Waals surface area contributed by atoms with E-state index in [0.717, 1.165) is 19.4 Å². The van der Waals surface area contributed by atoms with Crippen LogP contribution in [0.25, 0.3) is 0 Å². The minimum Gasteiger partial charge on any atom is -0.481 e. The Labute approximate surface area is 114 Å². The van der Waals surface area contributed by atoms with E-state index in [-0.39, 0.29) is 17.9 Å². The molecule has 1 aliphatic carbocycles. The number of carbonyl (C=O) groups is 2. The Kier molecular flexibility index (Phi) is 4.45. The molecule has 1 saturated heterocycles. The summed E-state index contributed by atoms with van der Waals surface area (Å²) in [5.74, 6) is -0.747. The first-order valence-electron chi connectivity index (χ1n) is 7.29. The molecule has 2 atom stereocenters. The summed E-state index contributed by atoms with van der Waals surface area (Å²) in [6.07, 6.45) is 3.58. The maximum absolute atomic E-state index is 12.3. The quantitative estimate of drug-likeness (QED) is 0.813. The van der Waals surface area contributed by atoms with Crippen molar-refractivity contribution in [1.82, 2.24) is 9.80 Å².